The van der Waals surface area contributed by atoms with Gasteiger partial charge in [-0.15, -0.1) is 0 Å². The lowest BCUT2D eigenvalue weighted by molar-refractivity contribution is -0.138. The summed E-state index contributed by atoms with van der Waals surface area (Å²) >= 11 is 0. The molecule has 2 fully saturated rings. The summed E-state index contributed by atoms with van der Waals surface area (Å²) in [6, 6.07) is 0. The number of fused-ring (bicyclic) bond motifs is 1. The summed E-state index contributed by atoms with van der Waals surface area (Å²) in [7, 11) is 1.65. The van der Waals surface area contributed by atoms with Crippen molar-refractivity contribution in [3.05, 3.63) is 0 Å². The van der Waals surface area contributed by atoms with Crippen molar-refractivity contribution in [1.82, 2.24) is 10.2 Å². The van der Waals surface area contributed by atoms with E-state index in [0.29, 0.717) is 32.7 Å². The lowest BCUT2D eigenvalue weighted by atomic mass is 9.73. The minimum atomic E-state index is -0.508. The Balaban J connectivity index is 2.17. The van der Waals surface area contributed by atoms with E-state index >= 15 is 0 Å². The fraction of sp³-hybridized carbons (Fsp3) is 0.750. The molecule has 2 atom stereocenters. The van der Waals surface area contributed by atoms with E-state index in [9.17, 15) is 9.59 Å². The summed E-state index contributed by atoms with van der Waals surface area (Å²) in [5.74, 6) is 5.55. The number of amides is 2. The summed E-state index contributed by atoms with van der Waals surface area (Å²) < 4.78 is 5.49. The molecular weight excluding hydrogens is 268 g/mol. The van der Waals surface area contributed by atoms with Crippen molar-refractivity contribution in [2.24, 2.45) is 16.7 Å². The van der Waals surface area contributed by atoms with Gasteiger partial charge in [-0.1, -0.05) is 5.92 Å². The van der Waals surface area contributed by atoms with Gasteiger partial charge in [-0.3, -0.25) is 9.59 Å². The van der Waals surface area contributed by atoms with Gasteiger partial charge in [0.25, 0.3) is 5.91 Å². The zero-order valence-electron chi connectivity index (χ0n) is 13.3. The van der Waals surface area contributed by atoms with Crippen LogP contribution in [0.5, 0.6) is 0 Å². The number of carbonyl (C=O) groups excluding carboxylic acids is 2. The van der Waals surface area contributed by atoms with Crippen molar-refractivity contribution in [3.63, 3.8) is 0 Å². The Labute approximate surface area is 126 Å². The fourth-order valence-corrected chi connectivity index (χ4v) is 3.04. The Bertz CT molecular complexity index is 498. The molecule has 2 amide bonds. The number of nitrogens with one attached hydrogen (secondary N) is 1. The topological polar surface area (TPSA) is 58.6 Å². The second-order valence-electron chi connectivity index (χ2n) is 6.94. The normalized spacial score (nSPS) is 28.4. The lowest BCUT2D eigenvalue weighted by Crippen LogP contribution is -2.49. The molecule has 2 aliphatic rings. The second kappa shape index (κ2) is 5.69. The lowest BCUT2D eigenvalue weighted by Gasteiger charge is -2.36. The summed E-state index contributed by atoms with van der Waals surface area (Å²) in [5, 5.41) is 2.74. The van der Waals surface area contributed by atoms with Crippen molar-refractivity contribution in [1.29, 1.82) is 0 Å². The number of ether oxygens (including phenoxy) is 1. The Kier molecular flexibility index (Phi) is 4.29. The Morgan fingerprint density at radius 1 is 1.38 bits per heavy atom. The molecule has 1 N–H and O–H groups in total. The van der Waals surface area contributed by atoms with Crippen LogP contribution in [0.2, 0.25) is 0 Å². The van der Waals surface area contributed by atoms with Crippen LogP contribution in [0.25, 0.3) is 0 Å². The van der Waals surface area contributed by atoms with Gasteiger partial charge in [0.1, 0.15) is 0 Å². The van der Waals surface area contributed by atoms with Gasteiger partial charge in [-0.2, -0.15) is 0 Å². The molecule has 0 aliphatic carbocycles. The highest BCUT2D eigenvalue weighted by Crippen LogP contribution is 2.42. The minimum absolute atomic E-state index is 0.00915. The second-order valence-corrected chi connectivity index (χ2v) is 6.94. The average molecular weight is 292 g/mol. The Morgan fingerprint density at radius 3 is 2.71 bits per heavy atom. The first-order valence-corrected chi connectivity index (χ1v) is 7.40. The van der Waals surface area contributed by atoms with Gasteiger partial charge in [-0.05, 0) is 33.1 Å². The molecule has 2 saturated heterocycles. The van der Waals surface area contributed by atoms with Gasteiger partial charge < -0.3 is 15.0 Å². The number of nitrogens with zero attached hydrogens (tertiary/aromatic N) is 1. The maximum atomic E-state index is 12.3. The van der Waals surface area contributed by atoms with E-state index in [1.54, 1.807) is 11.9 Å². The molecule has 2 rings (SSSR count). The van der Waals surface area contributed by atoms with Gasteiger partial charge in [0.2, 0.25) is 5.91 Å². The van der Waals surface area contributed by atoms with Crippen molar-refractivity contribution < 1.29 is 14.3 Å². The monoisotopic (exact) mass is 292 g/mol. The molecule has 2 heterocycles. The highest BCUT2D eigenvalue weighted by molar-refractivity contribution is 5.95. The van der Waals surface area contributed by atoms with E-state index in [1.165, 1.54) is 0 Å². The van der Waals surface area contributed by atoms with Crippen LogP contribution in [-0.2, 0) is 14.3 Å². The number of carbonyl (C=O) groups is 2. The molecule has 0 bridgehead atoms. The largest absolute Gasteiger partial charge is 0.381 e. The van der Waals surface area contributed by atoms with Crippen LogP contribution in [0.15, 0.2) is 0 Å². The van der Waals surface area contributed by atoms with E-state index < -0.39 is 5.41 Å². The van der Waals surface area contributed by atoms with E-state index in [-0.39, 0.29) is 23.1 Å². The SMILES string of the molecule is CNC(=O)[C@]12CCOC[C@H]1CN(C(=O)C#CC(C)(C)C)C2. The van der Waals surface area contributed by atoms with Crippen LogP contribution >= 0.6 is 0 Å². The minimum Gasteiger partial charge on any atom is -0.381 e. The van der Waals surface area contributed by atoms with Crippen LogP contribution < -0.4 is 5.32 Å². The molecule has 0 radical (unpaired) electrons. The maximum absolute atomic E-state index is 12.3. The van der Waals surface area contributed by atoms with E-state index in [2.05, 4.69) is 17.2 Å². The van der Waals surface area contributed by atoms with E-state index in [1.807, 2.05) is 20.8 Å². The first-order valence-electron chi connectivity index (χ1n) is 7.40. The zero-order chi connectivity index (χ0) is 15.7. The molecule has 116 valence electrons. The molecule has 0 aromatic carbocycles. The standard InChI is InChI=1S/C16H24N2O3/c1-15(2,3)6-5-13(19)18-9-12-10-21-8-7-16(12,11-18)14(20)17-4/h12H,7-11H2,1-4H3,(H,17,20)/t12-,16+/m1/s1. The van der Waals surface area contributed by atoms with Gasteiger partial charge >= 0.3 is 0 Å². The van der Waals surface area contributed by atoms with Crippen LogP contribution in [0, 0.1) is 28.6 Å². The Hall–Kier alpha value is -1.54. The highest BCUT2D eigenvalue weighted by atomic mass is 16.5. The smallest absolute Gasteiger partial charge is 0.298 e. The molecular formula is C16H24N2O3. The van der Waals surface area contributed by atoms with Crippen molar-refractivity contribution >= 4 is 11.8 Å². The van der Waals surface area contributed by atoms with Crippen molar-refractivity contribution in [2.45, 2.75) is 27.2 Å². The molecule has 0 aromatic heterocycles. The number of hydrogen-bond donors (Lipinski definition) is 1. The quantitative estimate of drug-likeness (QED) is 0.722. The highest BCUT2D eigenvalue weighted by Gasteiger charge is 2.54. The number of rotatable bonds is 1. The molecule has 5 heteroatoms. The maximum Gasteiger partial charge on any atom is 0.298 e. The summed E-state index contributed by atoms with van der Waals surface area (Å²) in [6.45, 7) is 8.00. The van der Waals surface area contributed by atoms with Crippen molar-refractivity contribution in [3.8, 4) is 11.8 Å². The summed E-state index contributed by atoms with van der Waals surface area (Å²) in [6.07, 6.45) is 0.661. The molecule has 2 aliphatic heterocycles. The molecule has 0 unspecified atom stereocenters. The summed E-state index contributed by atoms with van der Waals surface area (Å²) in [4.78, 5) is 26.3. The predicted molar refractivity (Wildman–Crippen MR) is 79.2 cm³/mol. The molecule has 0 spiro atoms. The van der Waals surface area contributed by atoms with Gasteiger partial charge in [0.15, 0.2) is 0 Å². The van der Waals surface area contributed by atoms with Crippen LogP contribution in [0.4, 0.5) is 0 Å². The fourth-order valence-electron chi connectivity index (χ4n) is 3.04. The zero-order valence-corrected chi connectivity index (χ0v) is 13.3. The first-order chi connectivity index (χ1) is 9.78. The number of hydrogen-bond acceptors (Lipinski definition) is 3. The van der Waals surface area contributed by atoms with Gasteiger partial charge in [0, 0.05) is 38.1 Å². The van der Waals surface area contributed by atoms with Gasteiger partial charge in [0.05, 0.1) is 12.0 Å². The van der Waals surface area contributed by atoms with Crippen LogP contribution in [0.1, 0.15) is 27.2 Å². The van der Waals surface area contributed by atoms with Crippen LogP contribution in [0.3, 0.4) is 0 Å². The molecule has 5 nitrogen and oxygen atoms in total. The third-order valence-electron chi connectivity index (χ3n) is 4.22. The first kappa shape index (κ1) is 15.8. The third kappa shape index (κ3) is 3.21. The Morgan fingerprint density at radius 2 is 2.10 bits per heavy atom. The predicted octanol–water partition coefficient (Wildman–Crippen LogP) is 0.647. The van der Waals surface area contributed by atoms with Gasteiger partial charge in [-0.25, -0.2) is 0 Å². The van der Waals surface area contributed by atoms with E-state index in [0.717, 1.165) is 0 Å². The summed E-state index contributed by atoms with van der Waals surface area (Å²) in [5.41, 5.74) is -0.712. The average Bonchev–Trinajstić information content (AvgIpc) is 2.83. The van der Waals surface area contributed by atoms with E-state index in [4.69, 9.17) is 4.74 Å². The van der Waals surface area contributed by atoms with Crippen LogP contribution in [-0.4, -0.2) is 50.1 Å². The van der Waals surface area contributed by atoms with Crippen molar-refractivity contribution in [2.75, 3.05) is 33.4 Å². The molecule has 0 saturated carbocycles. The molecule has 0 aromatic rings. The number of likely N-dealkylation sites (tertiary alicyclic amines) is 1. The third-order valence-corrected chi connectivity index (χ3v) is 4.22. The molecule has 21 heavy (non-hydrogen) atoms.